The minimum atomic E-state index is 0.546. The van der Waals surface area contributed by atoms with Crippen LogP contribution in [0, 0.1) is 20.8 Å². The molecule has 0 saturated carbocycles. The summed E-state index contributed by atoms with van der Waals surface area (Å²) in [6.07, 6.45) is 2.28. The van der Waals surface area contributed by atoms with Crippen molar-refractivity contribution in [3.8, 4) is 11.1 Å². The van der Waals surface area contributed by atoms with Crippen LogP contribution >= 0.6 is 0 Å². The van der Waals surface area contributed by atoms with Crippen LogP contribution in [0.1, 0.15) is 56.6 Å². The number of benzene rings is 1. The molecule has 0 N–H and O–H groups in total. The Morgan fingerprint density at radius 3 is 2.00 bits per heavy atom. The van der Waals surface area contributed by atoms with E-state index in [2.05, 4.69) is 24.0 Å². The topological polar surface area (TPSA) is 30.0 Å². The minimum Gasteiger partial charge on any atom is -0.303 e. The molecule has 0 aliphatic rings. The molecule has 2 rings (SSSR count). The second-order valence-corrected chi connectivity index (χ2v) is 4.83. The summed E-state index contributed by atoms with van der Waals surface area (Å²) in [4.78, 5) is 15.3. The first-order valence-electron chi connectivity index (χ1n) is 8.61. The molecule has 0 spiro atoms. The zero-order valence-corrected chi connectivity index (χ0v) is 15.7. The fraction of sp³-hybridized carbons (Fsp3) is 0.429. The lowest BCUT2D eigenvalue weighted by molar-refractivity contribution is -0.107. The predicted octanol–water partition coefficient (Wildman–Crippen LogP) is 5.86. The summed E-state index contributed by atoms with van der Waals surface area (Å²) < 4.78 is 0. The molecule has 0 saturated heterocycles. The fourth-order valence-corrected chi connectivity index (χ4v) is 2.50. The molecule has 23 heavy (non-hydrogen) atoms. The maximum atomic E-state index is 10.7. The lowest BCUT2D eigenvalue weighted by Crippen LogP contribution is -2.03. The lowest BCUT2D eigenvalue weighted by Gasteiger charge is -2.16. The normalized spacial score (nSPS) is 9.17. The number of rotatable bonds is 4. The van der Waals surface area contributed by atoms with E-state index in [1.165, 1.54) is 22.3 Å². The predicted molar refractivity (Wildman–Crippen MR) is 101 cm³/mol. The van der Waals surface area contributed by atoms with Gasteiger partial charge in [-0.2, -0.15) is 0 Å². The number of carbonyl (C=O) groups is 1. The average molecular weight is 313 g/mol. The molecule has 0 aliphatic heterocycles. The molecule has 1 aromatic carbocycles. The van der Waals surface area contributed by atoms with E-state index >= 15 is 0 Å². The molecule has 0 aliphatic carbocycles. The Morgan fingerprint density at radius 1 is 0.913 bits per heavy atom. The largest absolute Gasteiger partial charge is 0.303 e. The van der Waals surface area contributed by atoms with Crippen LogP contribution in [-0.4, -0.2) is 11.3 Å². The lowest BCUT2D eigenvalue weighted by atomic mass is 9.91. The van der Waals surface area contributed by atoms with Gasteiger partial charge < -0.3 is 4.79 Å². The van der Waals surface area contributed by atoms with Gasteiger partial charge in [-0.15, -0.1) is 0 Å². The zero-order chi connectivity index (χ0) is 17.8. The summed E-state index contributed by atoms with van der Waals surface area (Å²) in [5.41, 5.74) is 6.94. The molecule has 126 valence electrons. The highest BCUT2D eigenvalue weighted by atomic mass is 16.1. The highest BCUT2D eigenvalue weighted by molar-refractivity contribution is 5.72. The molecule has 0 unspecified atom stereocenters. The Labute approximate surface area is 142 Å². The van der Waals surface area contributed by atoms with Gasteiger partial charge in [0.1, 0.15) is 6.29 Å². The first-order chi connectivity index (χ1) is 11.1. The Kier molecular flexibility index (Phi) is 10.6. The van der Waals surface area contributed by atoms with E-state index in [9.17, 15) is 4.79 Å². The first-order valence-corrected chi connectivity index (χ1v) is 8.61. The smallest absolute Gasteiger partial charge is 0.120 e. The second-order valence-electron chi connectivity index (χ2n) is 4.83. The number of hydrogen-bond donors (Lipinski definition) is 0. The van der Waals surface area contributed by atoms with Crippen LogP contribution in [0.3, 0.4) is 0 Å². The quantitative estimate of drug-likeness (QED) is 0.662. The van der Waals surface area contributed by atoms with Gasteiger partial charge in [-0.3, -0.25) is 4.98 Å². The standard InChI is InChI=1S/C17H19NO.2C2H6/c1-12-13(2)18-14(3)16(10-7-11-19)17(12)15-8-5-4-6-9-15;2*1-2/h4-6,8-9,11H,7,10H2,1-3H3;2*1-2H3. The zero-order valence-electron chi connectivity index (χ0n) is 15.7. The molecule has 1 aromatic heterocycles. The summed E-state index contributed by atoms with van der Waals surface area (Å²) in [6.45, 7) is 14.2. The molecule has 2 heteroatoms. The van der Waals surface area contributed by atoms with E-state index in [-0.39, 0.29) is 0 Å². The highest BCUT2D eigenvalue weighted by Gasteiger charge is 2.14. The summed E-state index contributed by atoms with van der Waals surface area (Å²) in [6, 6.07) is 10.3. The van der Waals surface area contributed by atoms with Crippen molar-refractivity contribution in [3.63, 3.8) is 0 Å². The number of aldehydes is 1. The Bertz CT molecular complexity index is 589. The van der Waals surface area contributed by atoms with Gasteiger partial charge in [0.15, 0.2) is 0 Å². The minimum absolute atomic E-state index is 0.546. The van der Waals surface area contributed by atoms with Crippen molar-refractivity contribution in [2.24, 2.45) is 0 Å². The van der Waals surface area contributed by atoms with Crippen LogP contribution in [-0.2, 0) is 11.2 Å². The third-order valence-electron chi connectivity index (χ3n) is 3.57. The number of carbonyl (C=O) groups excluding carboxylic acids is 1. The van der Waals surface area contributed by atoms with Crippen LogP contribution in [0.2, 0.25) is 0 Å². The van der Waals surface area contributed by atoms with Gasteiger partial charge in [0, 0.05) is 17.8 Å². The molecule has 0 amide bonds. The molecule has 0 bridgehead atoms. The number of nitrogens with zero attached hydrogens (tertiary/aromatic N) is 1. The van der Waals surface area contributed by atoms with Gasteiger partial charge in [-0.25, -0.2) is 0 Å². The van der Waals surface area contributed by atoms with Gasteiger partial charge in [0.05, 0.1) is 0 Å². The van der Waals surface area contributed by atoms with Crippen LogP contribution in [0.15, 0.2) is 30.3 Å². The fourth-order valence-electron chi connectivity index (χ4n) is 2.50. The highest BCUT2D eigenvalue weighted by Crippen LogP contribution is 2.31. The van der Waals surface area contributed by atoms with Crippen molar-refractivity contribution in [2.75, 3.05) is 0 Å². The van der Waals surface area contributed by atoms with E-state index < -0.39 is 0 Å². The van der Waals surface area contributed by atoms with E-state index in [4.69, 9.17) is 0 Å². The van der Waals surface area contributed by atoms with Crippen molar-refractivity contribution in [2.45, 2.75) is 61.3 Å². The number of aromatic nitrogens is 1. The average Bonchev–Trinajstić information content (AvgIpc) is 2.61. The Hall–Kier alpha value is -1.96. The number of pyridine rings is 1. The SMILES string of the molecule is CC.CC.Cc1nc(C)c(CCC=O)c(-c2ccccc2)c1C. The van der Waals surface area contributed by atoms with Crippen LogP contribution in [0.4, 0.5) is 0 Å². The van der Waals surface area contributed by atoms with Gasteiger partial charge in [-0.05, 0) is 49.4 Å². The number of hydrogen-bond acceptors (Lipinski definition) is 2. The van der Waals surface area contributed by atoms with Crippen molar-refractivity contribution in [1.29, 1.82) is 0 Å². The summed E-state index contributed by atoms with van der Waals surface area (Å²) >= 11 is 0. The van der Waals surface area contributed by atoms with Crippen molar-refractivity contribution in [3.05, 3.63) is 52.8 Å². The Balaban J connectivity index is 0.00000112. The molecule has 0 atom stereocenters. The van der Waals surface area contributed by atoms with Gasteiger partial charge >= 0.3 is 0 Å². The van der Waals surface area contributed by atoms with Gasteiger partial charge in [0.25, 0.3) is 0 Å². The molecule has 1 heterocycles. The molecule has 2 nitrogen and oxygen atoms in total. The van der Waals surface area contributed by atoms with Gasteiger partial charge in [0.2, 0.25) is 0 Å². The molecule has 0 radical (unpaired) electrons. The maximum Gasteiger partial charge on any atom is 0.120 e. The van der Waals surface area contributed by atoms with Crippen molar-refractivity contribution in [1.82, 2.24) is 4.98 Å². The third kappa shape index (κ3) is 5.63. The summed E-state index contributed by atoms with van der Waals surface area (Å²) in [5.74, 6) is 0. The van der Waals surface area contributed by atoms with E-state index in [0.29, 0.717) is 6.42 Å². The van der Waals surface area contributed by atoms with Crippen LogP contribution in [0.5, 0.6) is 0 Å². The second kappa shape index (κ2) is 11.6. The van der Waals surface area contributed by atoms with E-state index in [1.54, 1.807) is 0 Å². The monoisotopic (exact) mass is 313 g/mol. The van der Waals surface area contributed by atoms with Crippen molar-refractivity contribution < 1.29 is 4.79 Å². The third-order valence-corrected chi connectivity index (χ3v) is 3.57. The molecule has 0 fully saturated rings. The number of aryl methyl sites for hydroxylation is 2. The summed E-state index contributed by atoms with van der Waals surface area (Å²) in [7, 11) is 0. The summed E-state index contributed by atoms with van der Waals surface area (Å²) in [5, 5.41) is 0. The van der Waals surface area contributed by atoms with E-state index in [0.717, 1.165) is 24.1 Å². The van der Waals surface area contributed by atoms with E-state index in [1.807, 2.05) is 59.7 Å². The van der Waals surface area contributed by atoms with Crippen molar-refractivity contribution >= 4 is 6.29 Å². The molecule has 2 aromatic rings. The van der Waals surface area contributed by atoms with Crippen LogP contribution in [0.25, 0.3) is 11.1 Å². The maximum absolute atomic E-state index is 10.7. The molecular weight excluding hydrogens is 282 g/mol. The Morgan fingerprint density at radius 2 is 1.48 bits per heavy atom. The van der Waals surface area contributed by atoms with Crippen LogP contribution < -0.4 is 0 Å². The molecular formula is C21H31NO. The van der Waals surface area contributed by atoms with Gasteiger partial charge in [-0.1, -0.05) is 58.0 Å². The first kappa shape index (κ1) is 21.0.